The number of nitrogens with one attached hydrogen (secondary N) is 2. The molecule has 0 aliphatic heterocycles. The van der Waals surface area contributed by atoms with Crippen LogP contribution in [0.5, 0.6) is 0 Å². The molecule has 0 saturated heterocycles. The third-order valence-corrected chi connectivity index (χ3v) is 2.43. The Kier molecular flexibility index (Phi) is 4.95. The molecule has 0 saturated carbocycles. The predicted molar refractivity (Wildman–Crippen MR) is 65.5 cm³/mol. The zero-order valence-electron chi connectivity index (χ0n) is 10.5. The number of rotatable bonds is 4. The molecule has 0 heterocycles. The van der Waals surface area contributed by atoms with Crippen molar-refractivity contribution in [2.24, 2.45) is 0 Å². The number of anilines is 1. The van der Waals surface area contributed by atoms with Crippen LogP contribution in [-0.2, 0) is 11.0 Å². The van der Waals surface area contributed by atoms with Crippen molar-refractivity contribution < 1.29 is 27.9 Å². The number of hydrogen-bond acceptors (Lipinski definition) is 2. The largest absolute Gasteiger partial charge is 0.481 e. The Bertz CT molecular complexity index is 515. The maximum atomic E-state index is 12.7. The Balaban J connectivity index is 2.69. The number of carboxylic acid groups (broad SMARTS) is 1. The maximum Gasteiger partial charge on any atom is 0.416 e. The number of hydrogen-bond donors (Lipinski definition) is 3. The predicted octanol–water partition coefficient (Wildman–Crippen LogP) is 2.61. The van der Waals surface area contributed by atoms with Crippen LogP contribution in [0.25, 0.3) is 0 Å². The van der Waals surface area contributed by atoms with Crippen LogP contribution in [0.4, 0.5) is 23.7 Å². The van der Waals surface area contributed by atoms with Crippen molar-refractivity contribution in [2.45, 2.75) is 19.5 Å². The molecular formula is C12H13F3N2O3. The summed E-state index contributed by atoms with van der Waals surface area (Å²) in [5.74, 6) is -1.08. The summed E-state index contributed by atoms with van der Waals surface area (Å²) in [6.45, 7) is 1.21. The molecule has 1 aromatic rings. The Labute approximate surface area is 112 Å². The van der Waals surface area contributed by atoms with Crippen LogP contribution in [0.1, 0.15) is 17.5 Å². The lowest BCUT2D eigenvalue weighted by atomic mass is 10.1. The molecule has 0 fully saturated rings. The van der Waals surface area contributed by atoms with E-state index in [0.717, 1.165) is 6.07 Å². The van der Waals surface area contributed by atoms with Gasteiger partial charge in [0.2, 0.25) is 0 Å². The summed E-state index contributed by atoms with van der Waals surface area (Å²) >= 11 is 0. The van der Waals surface area contributed by atoms with E-state index in [1.165, 1.54) is 19.1 Å². The number of aryl methyl sites for hydroxylation is 1. The molecule has 0 radical (unpaired) electrons. The second kappa shape index (κ2) is 6.27. The fourth-order valence-corrected chi connectivity index (χ4v) is 1.46. The van der Waals surface area contributed by atoms with E-state index in [1.54, 1.807) is 0 Å². The molecule has 0 unspecified atom stereocenters. The average Bonchev–Trinajstić information content (AvgIpc) is 2.29. The first-order valence-corrected chi connectivity index (χ1v) is 5.64. The quantitative estimate of drug-likeness (QED) is 0.797. The normalized spacial score (nSPS) is 11.0. The van der Waals surface area contributed by atoms with Gasteiger partial charge in [-0.05, 0) is 24.6 Å². The highest BCUT2D eigenvalue weighted by Crippen LogP contribution is 2.33. The number of benzene rings is 1. The number of amides is 2. The van der Waals surface area contributed by atoms with Crippen LogP contribution >= 0.6 is 0 Å². The van der Waals surface area contributed by atoms with Gasteiger partial charge in [0.05, 0.1) is 12.0 Å². The fourth-order valence-electron chi connectivity index (χ4n) is 1.46. The van der Waals surface area contributed by atoms with E-state index in [-0.39, 0.29) is 24.2 Å². The number of alkyl halides is 3. The lowest BCUT2D eigenvalue weighted by molar-refractivity contribution is -0.138. The van der Waals surface area contributed by atoms with Gasteiger partial charge in [-0.25, -0.2) is 4.79 Å². The summed E-state index contributed by atoms with van der Waals surface area (Å²) in [6, 6.07) is 2.64. The molecule has 3 N–H and O–H groups in total. The lowest BCUT2D eigenvalue weighted by Gasteiger charge is -2.13. The molecule has 1 rings (SSSR count). The van der Waals surface area contributed by atoms with E-state index in [4.69, 9.17) is 5.11 Å². The minimum absolute atomic E-state index is 0.0178. The SMILES string of the molecule is Cc1ccc(NC(=O)NCCC(=O)O)cc1C(F)(F)F. The number of halogens is 3. The minimum Gasteiger partial charge on any atom is -0.481 e. The Morgan fingerprint density at radius 3 is 2.50 bits per heavy atom. The lowest BCUT2D eigenvalue weighted by Crippen LogP contribution is -2.30. The second-order valence-corrected chi connectivity index (χ2v) is 4.05. The van der Waals surface area contributed by atoms with Crippen LogP contribution < -0.4 is 10.6 Å². The van der Waals surface area contributed by atoms with Gasteiger partial charge in [0.1, 0.15) is 0 Å². The molecule has 2 amide bonds. The van der Waals surface area contributed by atoms with Gasteiger partial charge in [-0.3, -0.25) is 4.79 Å². The van der Waals surface area contributed by atoms with Crippen molar-refractivity contribution in [3.05, 3.63) is 29.3 Å². The average molecular weight is 290 g/mol. The van der Waals surface area contributed by atoms with Gasteiger partial charge in [0.15, 0.2) is 0 Å². The van der Waals surface area contributed by atoms with Crippen LogP contribution in [-0.4, -0.2) is 23.7 Å². The first kappa shape index (κ1) is 15.8. The van der Waals surface area contributed by atoms with Crippen LogP contribution in [0.3, 0.4) is 0 Å². The molecule has 0 aromatic heterocycles. The van der Waals surface area contributed by atoms with E-state index in [9.17, 15) is 22.8 Å². The summed E-state index contributed by atoms with van der Waals surface area (Å²) in [6.07, 6.45) is -4.77. The van der Waals surface area contributed by atoms with Gasteiger partial charge in [-0.15, -0.1) is 0 Å². The number of urea groups is 1. The summed E-state index contributed by atoms with van der Waals surface area (Å²) in [5.41, 5.74) is -0.800. The molecule has 110 valence electrons. The van der Waals surface area contributed by atoms with E-state index in [0.29, 0.717) is 0 Å². The molecule has 0 aliphatic carbocycles. The van der Waals surface area contributed by atoms with Crippen LogP contribution in [0, 0.1) is 6.92 Å². The molecule has 5 nitrogen and oxygen atoms in total. The van der Waals surface area contributed by atoms with E-state index < -0.39 is 23.7 Å². The van der Waals surface area contributed by atoms with Gasteiger partial charge in [-0.1, -0.05) is 6.07 Å². The Morgan fingerprint density at radius 2 is 1.95 bits per heavy atom. The zero-order valence-corrected chi connectivity index (χ0v) is 10.5. The van der Waals surface area contributed by atoms with Crippen molar-refractivity contribution in [1.29, 1.82) is 0 Å². The van der Waals surface area contributed by atoms with Crippen molar-refractivity contribution in [1.82, 2.24) is 5.32 Å². The second-order valence-electron chi connectivity index (χ2n) is 4.05. The van der Waals surface area contributed by atoms with Gasteiger partial charge in [0.25, 0.3) is 0 Å². The van der Waals surface area contributed by atoms with Crippen molar-refractivity contribution >= 4 is 17.7 Å². The molecule has 0 spiro atoms. The van der Waals surface area contributed by atoms with E-state index >= 15 is 0 Å². The topological polar surface area (TPSA) is 78.4 Å². The number of carbonyl (C=O) groups excluding carboxylic acids is 1. The highest BCUT2D eigenvalue weighted by Gasteiger charge is 2.32. The molecule has 0 aliphatic rings. The number of carbonyl (C=O) groups is 2. The number of carboxylic acids is 1. The monoisotopic (exact) mass is 290 g/mol. The van der Waals surface area contributed by atoms with E-state index in [1.807, 2.05) is 0 Å². The van der Waals surface area contributed by atoms with Crippen LogP contribution in [0.2, 0.25) is 0 Å². The van der Waals surface area contributed by atoms with Gasteiger partial charge >= 0.3 is 18.2 Å². The fraction of sp³-hybridized carbons (Fsp3) is 0.333. The summed E-state index contributed by atoms with van der Waals surface area (Å²) < 4.78 is 38.0. The van der Waals surface area contributed by atoms with Gasteiger partial charge < -0.3 is 15.7 Å². The van der Waals surface area contributed by atoms with Gasteiger partial charge in [-0.2, -0.15) is 13.2 Å². The minimum atomic E-state index is -4.50. The third kappa shape index (κ3) is 4.79. The smallest absolute Gasteiger partial charge is 0.416 e. The molecule has 0 atom stereocenters. The molecule has 0 bridgehead atoms. The zero-order chi connectivity index (χ0) is 15.3. The van der Waals surface area contributed by atoms with Crippen molar-refractivity contribution in [3.63, 3.8) is 0 Å². The molecule has 1 aromatic carbocycles. The standard InChI is InChI=1S/C12H13F3N2O3/c1-7-2-3-8(6-9(7)12(13,14)15)17-11(20)16-5-4-10(18)19/h2-3,6H,4-5H2,1H3,(H,18,19)(H2,16,17,20). The molecule has 20 heavy (non-hydrogen) atoms. The Hall–Kier alpha value is -2.25. The first-order chi connectivity index (χ1) is 9.20. The highest BCUT2D eigenvalue weighted by molar-refractivity contribution is 5.89. The third-order valence-electron chi connectivity index (χ3n) is 2.43. The van der Waals surface area contributed by atoms with Crippen molar-refractivity contribution in [3.8, 4) is 0 Å². The maximum absolute atomic E-state index is 12.7. The van der Waals surface area contributed by atoms with Crippen molar-refractivity contribution in [2.75, 3.05) is 11.9 Å². The van der Waals surface area contributed by atoms with Gasteiger partial charge in [0, 0.05) is 12.2 Å². The van der Waals surface area contributed by atoms with Crippen LogP contribution in [0.15, 0.2) is 18.2 Å². The van der Waals surface area contributed by atoms with E-state index in [2.05, 4.69) is 10.6 Å². The highest BCUT2D eigenvalue weighted by atomic mass is 19.4. The Morgan fingerprint density at radius 1 is 1.30 bits per heavy atom. The summed E-state index contributed by atoms with van der Waals surface area (Å²) in [5, 5.41) is 12.8. The summed E-state index contributed by atoms with van der Waals surface area (Å²) in [7, 11) is 0. The first-order valence-electron chi connectivity index (χ1n) is 5.64. The number of aliphatic carboxylic acids is 1. The molecule has 8 heteroatoms. The summed E-state index contributed by atoms with van der Waals surface area (Å²) in [4.78, 5) is 21.6. The molecular weight excluding hydrogens is 277 g/mol.